The zero-order chi connectivity index (χ0) is 13.9. The van der Waals surface area contributed by atoms with Crippen LogP contribution in [0.1, 0.15) is 59.8 Å². The molecular weight excluding hydrogens is 252 g/mol. The zero-order valence-electron chi connectivity index (χ0n) is 13.2. The number of nitrogens with one attached hydrogen (secondary N) is 1. The molecule has 0 aromatic carbocycles. The Morgan fingerprint density at radius 3 is 2.58 bits per heavy atom. The second kappa shape index (κ2) is 6.82. The predicted octanol–water partition coefficient (Wildman–Crippen LogP) is 3.51. The molecule has 3 atom stereocenters. The van der Waals surface area contributed by atoms with Gasteiger partial charge in [-0.15, -0.1) is 0 Å². The monoisotopic (exact) mass is 284 g/mol. The van der Waals surface area contributed by atoms with E-state index in [1.54, 1.807) is 0 Å². The van der Waals surface area contributed by atoms with Gasteiger partial charge in [-0.2, -0.15) is 11.8 Å². The normalized spacial score (nSPS) is 35.7. The first kappa shape index (κ1) is 15.7. The third kappa shape index (κ3) is 3.30. The molecule has 0 spiro atoms. The lowest BCUT2D eigenvalue weighted by Gasteiger charge is -2.50. The summed E-state index contributed by atoms with van der Waals surface area (Å²) in [4.78, 5) is 2.85. The van der Waals surface area contributed by atoms with Crippen LogP contribution in [0.5, 0.6) is 0 Å². The zero-order valence-corrected chi connectivity index (χ0v) is 14.1. The Bertz CT molecular complexity index is 278. The molecule has 1 aliphatic carbocycles. The lowest BCUT2D eigenvalue weighted by molar-refractivity contribution is 0.0479. The molecule has 0 radical (unpaired) electrons. The van der Waals surface area contributed by atoms with Crippen LogP contribution in [0.3, 0.4) is 0 Å². The number of nitrogens with zero attached hydrogens (tertiary/aromatic N) is 1. The Balaban J connectivity index is 2.08. The molecule has 1 N–H and O–H groups in total. The fraction of sp³-hybridized carbons (Fsp3) is 1.00. The summed E-state index contributed by atoms with van der Waals surface area (Å²) in [5.74, 6) is 1.27. The smallest absolute Gasteiger partial charge is 0.0304 e. The molecule has 2 aliphatic rings. The van der Waals surface area contributed by atoms with Gasteiger partial charge in [0.2, 0.25) is 0 Å². The number of hydrogen-bond donors (Lipinski definition) is 1. The first-order valence-electron chi connectivity index (χ1n) is 8.28. The summed E-state index contributed by atoms with van der Waals surface area (Å²) in [6.07, 6.45) is 6.80. The molecule has 19 heavy (non-hydrogen) atoms. The number of piperazine rings is 1. The summed E-state index contributed by atoms with van der Waals surface area (Å²) in [6.45, 7) is 11.8. The SMILES string of the molecule is CCSC1CCCC1N1CC(CC)(CC)NCC1C. The van der Waals surface area contributed by atoms with Crippen LogP contribution < -0.4 is 5.32 Å². The van der Waals surface area contributed by atoms with E-state index in [-0.39, 0.29) is 0 Å². The van der Waals surface area contributed by atoms with Gasteiger partial charge in [0.1, 0.15) is 0 Å². The van der Waals surface area contributed by atoms with Gasteiger partial charge in [-0.05, 0) is 38.4 Å². The van der Waals surface area contributed by atoms with E-state index < -0.39 is 0 Å². The van der Waals surface area contributed by atoms with E-state index in [1.165, 1.54) is 50.9 Å². The van der Waals surface area contributed by atoms with Crippen LogP contribution in [0.4, 0.5) is 0 Å². The summed E-state index contributed by atoms with van der Waals surface area (Å²) in [6, 6.07) is 1.54. The molecule has 3 heteroatoms. The van der Waals surface area contributed by atoms with Gasteiger partial charge in [0, 0.05) is 36.0 Å². The predicted molar refractivity (Wildman–Crippen MR) is 87.0 cm³/mol. The summed E-state index contributed by atoms with van der Waals surface area (Å²) in [5, 5.41) is 4.72. The standard InChI is InChI=1S/C16H32N2S/c1-5-16(6-2)12-18(13(4)11-17-16)14-9-8-10-15(14)19-7-3/h13-15,17H,5-12H2,1-4H3. The molecule has 1 saturated heterocycles. The van der Waals surface area contributed by atoms with Gasteiger partial charge in [-0.25, -0.2) is 0 Å². The van der Waals surface area contributed by atoms with Crippen LogP contribution in [-0.4, -0.2) is 46.6 Å². The third-order valence-electron chi connectivity index (χ3n) is 5.40. The quantitative estimate of drug-likeness (QED) is 0.831. The van der Waals surface area contributed by atoms with Crippen LogP contribution in [0.2, 0.25) is 0 Å². The Morgan fingerprint density at radius 1 is 1.21 bits per heavy atom. The number of rotatable bonds is 5. The van der Waals surface area contributed by atoms with Crippen molar-refractivity contribution in [3.05, 3.63) is 0 Å². The van der Waals surface area contributed by atoms with Gasteiger partial charge in [0.25, 0.3) is 0 Å². The minimum atomic E-state index is 0.372. The van der Waals surface area contributed by atoms with Crippen molar-refractivity contribution in [2.45, 2.75) is 82.7 Å². The number of hydrogen-bond acceptors (Lipinski definition) is 3. The highest BCUT2D eigenvalue weighted by Crippen LogP contribution is 2.36. The van der Waals surface area contributed by atoms with Crippen molar-refractivity contribution in [1.82, 2.24) is 10.2 Å². The average Bonchev–Trinajstić information content (AvgIpc) is 2.89. The highest BCUT2D eigenvalue weighted by Gasteiger charge is 2.41. The molecular formula is C16H32N2S. The minimum absolute atomic E-state index is 0.372. The first-order chi connectivity index (χ1) is 9.15. The van der Waals surface area contributed by atoms with Crippen molar-refractivity contribution in [2.24, 2.45) is 0 Å². The van der Waals surface area contributed by atoms with Crippen LogP contribution in [-0.2, 0) is 0 Å². The van der Waals surface area contributed by atoms with Crippen molar-refractivity contribution in [1.29, 1.82) is 0 Å². The van der Waals surface area contributed by atoms with Crippen molar-refractivity contribution in [3.63, 3.8) is 0 Å². The van der Waals surface area contributed by atoms with Crippen molar-refractivity contribution in [3.8, 4) is 0 Å². The summed E-state index contributed by atoms with van der Waals surface area (Å²) >= 11 is 2.20. The van der Waals surface area contributed by atoms with Gasteiger partial charge < -0.3 is 5.32 Å². The van der Waals surface area contributed by atoms with E-state index in [0.717, 1.165) is 11.3 Å². The molecule has 1 aliphatic heterocycles. The number of thioether (sulfide) groups is 1. The Labute approximate surface area is 124 Å². The van der Waals surface area contributed by atoms with E-state index in [9.17, 15) is 0 Å². The Hall–Kier alpha value is 0.270. The maximum atomic E-state index is 3.83. The molecule has 112 valence electrons. The molecule has 2 nitrogen and oxygen atoms in total. The summed E-state index contributed by atoms with van der Waals surface area (Å²) in [5.41, 5.74) is 0.372. The van der Waals surface area contributed by atoms with Crippen molar-refractivity contribution in [2.75, 3.05) is 18.8 Å². The van der Waals surface area contributed by atoms with Crippen LogP contribution in [0, 0.1) is 0 Å². The van der Waals surface area contributed by atoms with E-state index in [1.807, 2.05) is 0 Å². The fourth-order valence-corrected chi connectivity index (χ4v) is 5.18. The Morgan fingerprint density at radius 2 is 1.95 bits per heavy atom. The lowest BCUT2D eigenvalue weighted by atomic mass is 9.87. The average molecular weight is 285 g/mol. The Kier molecular flexibility index (Phi) is 5.62. The van der Waals surface area contributed by atoms with E-state index in [4.69, 9.17) is 0 Å². The highest BCUT2D eigenvalue weighted by molar-refractivity contribution is 7.99. The molecule has 0 bridgehead atoms. The molecule has 0 aromatic rings. The molecule has 2 fully saturated rings. The van der Waals surface area contributed by atoms with Gasteiger partial charge in [-0.3, -0.25) is 4.90 Å². The maximum absolute atomic E-state index is 3.83. The molecule has 2 rings (SSSR count). The summed E-state index contributed by atoms with van der Waals surface area (Å²) in [7, 11) is 0. The second-order valence-electron chi connectivity index (χ2n) is 6.38. The molecule has 0 amide bonds. The van der Waals surface area contributed by atoms with Gasteiger partial charge in [0.15, 0.2) is 0 Å². The van der Waals surface area contributed by atoms with Gasteiger partial charge >= 0.3 is 0 Å². The topological polar surface area (TPSA) is 15.3 Å². The van der Waals surface area contributed by atoms with Crippen molar-refractivity contribution >= 4 is 11.8 Å². The third-order valence-corrected chi connectivity index (χ3v) is 6.71. The van der Waals surface area contributed by atoms with Gasteiger partial charge in [-0.1, -0.05) is 27.2 Å². The maximum Gasteiger partial charge on any atom is 0.0304 e. The van der Waals surface area contributed by atoms with Crippen LogP contribution in [0.15, 0.2) is 0 Å². The molecule has 0 aromatic heterocycles. The highest BCUT2D eigenvalue weighted by atomic mass is 32.2. The van der Waals surface area contributed by atoms with E-state index >= 15 is 0 Å². The van der Waals surface area contributed by atoms with Crippen LogP contribution in [0.25, 0.3) is 0 Å². The summed E-state index contributed by atoms with van der Waals surface area (Å²) < 4.78 is 0. The van der Waals surface area contributed by atoms with Gasteiger partial charge in [0.05, 0.1) is 0 Å². The minimum Gasteiger partial charge on any atom is -0.308 e. The van der Waals surface area contributed by atoms with E-state index in [0.29, 0.717) is 11.6 Å². The largest absolute Gasteiger partial charge is 0.308 e. The lowest BCUT2D eigenvalue weighted by Crippen LogP contribution is -2.65. The molecule has 1 saturated carbocycles. The second-order valence-corrected chi connectivity index (χ2v) is 7.90. The molecule has 1 heterocycles. The van der Waals surface area contributed by atoms with Crippen LogP contribution >= 0.6 is 11.8 Å². The van der Waals surface area contributed by atoms with Crippen molar-refractivity contribution < 1.29 is 0 Å². The fourth-order valence-electron chi connectivity index (χ4n) is 3.90. The molecule has 3 unspecified atom stereocenters. The first-order valence-corrected chi connectivity index (χ1v) is 9.33. The van der Waals surface area contributed by atoms with E-state index in [2.05, 4.69) is 49.7 Å².